The molecule has 182 valence electrons. The fourth-order valence-electron chi connectivity index (χ4n) is 4.17. The summed E-state index contributed by atoms with van der Waals surface area (Å²) in [5.74, 6) is 2.63. The molecule has 0 radical (unpaired) electrons. The van der Waals surface area contributed by atoms with E-state index in [1.165, 1.54) is 0 Å². The number of carbonyl (C=O) groups is 1. The molecule has 0 unspecified atom stereocenters. The van der Waals surface area contributed by atoms with Crippen molar-refractivity contribution in [1.82, 2.24) is 20.2 Å². The number of amides is 1. The Bertz CT molecular complexity index is 1220. The third-order valence-electron chi connectivity index (χ3n) is 6.01. The standard InChI is InChI=1S/C26H29N5O4/c32-24(27-10-12-30-13-17-33-18-14-30)9-11-31(19-20-5-3-15-34-20)26-21-6-1-2-7-22(21)28-25(29-26)23-8-4-16-35-23/h1-8,15-16H,9-14,17-19H2,(H,27,32). The molecule has 3 aromatic heterocycles. The normalized spacial score (nSPS) is 14.3. The van der Waals surface area contributed by atoms with E-state index in [1.807, 2.05) is 48.5 Å². The van der Waals surface area contributed by atoms with E-state index in [4.69, 9.17) is 23.5 Å². The van der Waals surface area contributed by atoms with Gasteiger partial charge in [-0.2, -0.15) is 0 Å². The molecular formula is C26H29N5O4. The van der Waals surface area contributed by atoms with Crippen LogP contribution in [0.4, 0.5) is 5.82 Å². The molecule has 35 heavy (non-hydrogen) atoms. The zero-order valence-corrected chi connectivity index (χ0v) is 19.6. The van der Waals surface area contributed by atoms with Gasteiger partial charge in [-0.3, -0.25) is 9.69 Å². The maximum atomic E-state index is 12.7. The third kappa shape index (κ3) is 5.87. The molecule has 1 aromatic carbocycles. The van der Waals surface area contributed by atoms with E-state index in [9.17, 15) is 4.79 Å². The van der Waals surface area contributed by atoms with E-state index in [1.54, 1.807) is 12.5 Å². The summed E-state index contributed by atoms with van der Waals surface area (Å²) < 4.78 is 16.6. The minimum atomic E-state index is 0.00678. The number of nitrogens with zero attached hydrogens (tertiary/aromatic N) is 4. The quantitative estimate of drug-likeness (QED) is 0.373. The van der Waals surface area contributed by atoms with Gasteiger partial charge in [0.25, 0.3) is 0 Å². The molecule has 0 bridgehead atoms. The van der Waals surface area contributed by atoms with Crippen molar-refractivity contribution >= 4 is 22.6 Å². The van der Waals surface area contributed by atoms with Crippen LogP contribution in [0.1, 0.15) is 12.2 Å². The molecular weight excluding hydrogens is 446 g/mol. The molecule has 1 fully saturated rings. The van der Waals surface area contributed by atoms with Gasteiger partial charge in [0.05, 0.1) is 37.8 Å². The van der Waals surface area contributed by atoms with E-state index in [-0.39, 0.29) is 5.91 Å². The summed E-state index contributed by atoms with van der Waals surface area (Å²) in [5.41, 5.74) is 0.809. The number of nitrogens with one attached hydrogen (secondary N) is 1. The average molecular weight is 476 g/mol. The first kappa shape index (κ1) is 23.1. The third-order valence-corrected chi connectivity index (χ3v) is 6.01. The Balaban J connectivity index is 1.34. The summed E-state index contributed by atoms with van der Waals surface area (Å²) in [7, 11) is 0. The number of furan rings is 2. The molecule has 5 rings (SSSR count). The van der Waals surface area contributed by atoms with Gasteiger partial charge in [-0.25, -0.2) is 9.97 Å². The smallest absolute Gasteiger partial charge is 0.221 e. The molecule has 1 saturated heterocycles. The van der Waals surface area contributed by atoms with Gasteiger partial charge in [0, 0.05) is 44.5 Å². The number of benzene rings is 1. The number of anilines is 1. The van der Waals surface area contributed by atoms with Crippen LogP contribution in [-0.2, 0) is 16.1 Å². The lowest BCUT2D eigenvalue weighted by Gasteiger charge is -2.26. The molecule has 1 amide bonds. The van der Waals surface area contributed by atoms with Crippen LogP contribution in [0.5, 0.6) is 0 Å². The van der Waals surface area contributed by atoms with Crippen LogP contribution in [0.3, 0.4) is 0 Å². The predicted molar refractivity (Wildman–Crippen MR) is 132 cm³/mol. The second-order valence-corrected chi connectivity index (χ2v) is 8.42. The summed E-state index contributed by atoms with van der Waals surface area (Å²) in [4.78, 5) is 26.6. The maximum Gasteiger partial charge on any atom is 0.221 e. The largest absolute Gasteiger partial charge is 0.467 e. The van der Waals surface area contributed by atoms with Crippen molar-refractivity contribution in [3.05, 3.63) is 66.8 Å². The Morgan fingerprint density at radius 1 is 1.00 bits per heavy atom. The summed E-state index contributed by atoms with van der Waals surface area (Å²) in [6.07, 6.45) is 3.59. The lowest BCUT2D eigenvalue weighted by molar-refractivity contribution is -0.121. The van der Waals surface area contributed by atoms with Crippen LogP contribution in [-0.4, -0.2) is 66.7 Å². The SMILES string of the molecule is O=C(CCN(Cc1ccco1)c1nc(-c2ccco2)nc2ccccc12)NCCN1CCOCC1. The van der Waals surface area contributed by atoms with Crippen molar-refractivity contribution < 1.29 is 18.4 Å². The Morgan fingerprint density at radius 3 is 2.63 bits per heavy atom. The van der Waals surface area contributed by atoms with Crippen LogP contribution in [0.15, 0.2) is 69.9 Å². The lowest BCUT2D eigenvalue weighted by atomic mass is 10.2. The number of fused-ring (bicyclic) bond motifs is 1. The first-order valence-electron chi connectivity index (χ1n) is 11.9. The average Bonchev–Trinajstić information content (AvgIpc) is 3.61. The van der Waals surface area contributed by atoms with Crippen LogP contribution >= 0.6 is 0 Å². The van der Waals surface area contributed by atoms with Crippen molar-refractivity contribution in [3.63, 3.8) is 0 Å². The highest BCUT2D eigenvalue weighted by molar-refractivity contribution is 5.91. The van der Waals surface area contributed by atoms with Crippen molar-refractivity contribution in [1.29, 1.82) is 0 Å². The number of hydrogen-bond donors (Lipinski definition) is 1. The highest BCUT2D eigenvalue weighted by Gasteiger charge is 2.19. The van der Waals surface area contributed by atoms with Gasteiger partial charge >= 0.3 is 0 Å². The molecule has 0 spiro atoms. The molecule has 1 N–H and O–H groups in total. The van der Waals surface area contributed by atoms with Crippen molar-refractivity contribution in [2.24, 2.45) is 0 Å². The minimum absolute atomic E-state index is 0.00678. The highest BCUT2D eigenvalue weighted by Crippen LogP contribution is 2.29. The molecule has 0 saturated carbocycles. The Hall–Kier alpha value is -3.69. The number of hydrogen-bond acceptors (Lipinski definition) is 8. The molecule has 9 nitrogen and oxygen atoms in total. The fraction of sp³-hybridized carbons (Fsp3) is 0.346. The molecule has 0 aliphatic carbocycles. The first-order chi connectivity index (χ1) is 17.3. The number of carbonyl (C=O) groups excluding carboxylic acids is 1. The van der Waals surface area contributed by atoms with Gasteiger partial charge in [0.15, 0.2) is 11.6 Å². The number of ether oxygens (including phenoxy) is 1. The minimum Gasteiger partial charge on any atom is -0.467 e. The van der Waals surface area contributed by atoms with Crippen LogP contribution < -0.4 is 10.2 Å². The van der Waals surface area contributed by atoms with E-state index < -0.39 is 0 Å². The molecule has 1 aliphatic heterocycles. The van der Waals surface area contributed by atoms with Gasteiger partial charge in [0.2, 0.25) is 5.91 Å². The van der Waals surface area contributed by atoms with Crippen molar-refractivity contribution in [3.8, 4) is 11.6 Å². The monoisotopic (exact) mass is 475 g/mol. The maximum absolute atomic E-state index is 12.7. The summed E-state index contributed by atoms with van der Waals surface area (Å²) in [6.45, 7) is 5.72. The molecule has 9 heteroatoms. The predicted octanol–water partition coefficient (Wildman–Crippen LogP) is 3.33. The van der Waals surface area contributed by atoms with Gasteiger partial charge in [-0.05, 0) is 36.4 Å². The molecule has 4 heterocycles. The Morgan fingerprint density at radius 2 is 1.83 bits per heavy atom. The zero-order valence-electron chi connectivity index (χ0n) is 19.6. The molecule has 0 atom stereocenters. The van der Waals surface area contributed by atoms with Gasteiger partial charge < -0.3 is 23.8 Å². The fourth-order valence-corrected chi connectivity index (χ4v) is 4.17. The number of para-hydroxylation sites is 1. The molecule has 1 aliphatic rings. The second kappa shape index (κ2) is 11.2. The summed E-state index contributed by atoms with van der Waals surface area (Å²) in [5, 5.41) is 3.95. The van der Waals surface area contributed by atoms with Gasteiger partial charge in [0.1, 0.15) is 11.6 Å². The van der Waals surface area contributed by atoms with E-state index in [0.717, 1.165) is 55.3 Å². The van der Waals surface area contributed by atoms with E-state index in [2.05, 4.69) is 15.1 Å². The zero-order chi connectivity index (χ0) is 23.9. The summed E-state index contributed by atoms with van der Waals surface area (Å²) in [6, 6.07) is 15.3. The Kier molecular flexibility index (Phi) is 7.35. The molecule has 4 aromatic rings. The second-order valence-electron chi connectivity index (χ2n) is 8.42. The Labute approximate surface area is 203 Å². The van der Waals surface area contributed by atoms with Gasteiger partial charge in [-0.15, -0.1) is 0 Å². The van der Waals surface area contributed by atoms with Crippen LogP contribution in [0, 0.1) is 0 Å². The first-order valence-corrected chi connectivity index (χ1v) is 11.9. The topological polar surface area (TPSA) is 96.9 Å². The number of aromatic nitrogens is 2. The van der Waals surface area contributed by atoms with E-state index in [0.29, 0.717) is 37.6 Å². The number of morpholine rings is 1. The van der Waals surface area contributed by atoms with Crippen molar-refractivity contribution in [2.45, 2.75) is 13.0 Å². The summed E-state index contributed by atoms with van der Waals surface area (Å²) >= 11 is 0. The van der Waals surface area contributed by atoms with Crippen molar-refractivity contribution in [2.75, 3.05) is 50.8 Å². The van der Waals surface area contributed by atoms with E-state index >= 15 is 0 Å². The van der Waals surface area contributed by atoms with Crippen LogP contribution in [0.2, 0.25) is 0 Å². The van der Waals surface area contributed by atoms with Crippen LogP contribution in [0.25, 0.3) is 22.5 Å². The highest BCUT2D eigenvalue weighted by atomic mass is 16.5. The lowest BCUT2D eigenvalue weighted by Crippen LogP contribution is -2.41. The van der Waals surface area contributed by atoms with Gasteiger partial charge in [-0.1, -0.05) is 12.1 Å². The number of rotatable bonds is 10.